The Balaban J connectivity index is 1.62. The van der Waals surface area contributed by atoms with E-state index in [0.29, 0.717) is 10.4 Å². The van der Waals surface area contributed by atoms with Gasteiger partial charge in [0.05, 0.1) is 22.4 Å². The first-order valence-electron chi connectivity index (χ1n) is 10.7. The number of alkyl halides is 3. The highest BCUT2D eigenvalue weighted by molar-refractivity contribution is 7.92. The van der Waals surface area contributed by atoms with Crippen LogP contribution in [0.15, 0.2) is 107 Å². The van der Waals surface area contributed by atoms with Gasteiger partial charge in [-0.3, -0.25) is 9.10 Å². The summed E-state index contributed by atoms with van der Waals surface area (Å²) in [5.74, 6) is -0.830. The highest BCUT2D eigenvalue weighted by Gasteiger charge is 2.33. The number of amides is 1. The van der Waals surface area contributed by atoms with Crippen LogP contribution in [0.1, 0.15) is 11.1 Å². The monoisotopic (exact) mass is 511 g/mol. The smallest absolute Gasteiger partial charge is 0.271 e. The SMILES string of the molecule is O=C(CN(c1cccc(C(F)(F)F)c1)S(=O)(=O)c1ccccc1)N/N=C\c1cccc2ccccc12. The fourth-order valence-electron chi connectivity index (χ4n) is 3.57. The van der Waals surface area contributed by atoms with Crippen LogP contribution in [0.25, 0.3) is 10.8 Å². The zero-order chi connectivity index (χ0) is 25.8. The van der Waals surface area contributed by atoms with Crippen molar-refractivity contribution in [3.8, 4) is 0 Å². The van der Waals surface area contributed by atoms with Crippen molar-refractivity contribution >= 4 is 38.6 Å². The number of benzene rings is 4. The number of hydrogen-bond donors (Lipinski definition) is 1. The van der Waals surface area contributed by atoms with Crippen LogP contribution in [-0.4, -0.2) is 27.1 Å². The quantitative estimate of drug-likeness (QED) is 0.274. The van der Waals surface area contributed by atoms with Gasteiger partial charge in [0, 0.05) is 5.56 Å². The van der Waals surface area contributed by atoms with Gasteiger partial charge in [-0.05, 0) is 41.1 Å². The Morgan fingerprint density at radius 3 is 2.31 bits per heavy atom. The average Bonchev–Trinajstić information content (AvgIpc) is 2.87. The van der Waals surface area contributed by atoms with Gasteiger partial charge in [-0.2, -0.15) is 18.3 Å². The average molecular weight is 512 g/mol. The first-order valence-corrected chi connectivity index (χ1v) is 12.1. The molecule has 0 saturated carbocycles. The largest absolute Gasteiger partial charge is 0.416 e. The van der Waals surface area contributed by atoms with Gasteiger partial charge < -0.3 is 0 Å². The van der Waals surface area contributed by atoms with Crippen molar-refractivity contribution in [2.45, 2.75) is 11.1 Å². The molecular formula is C26H20F3N3O3S. The summed E-state index contributed by atoms with van der Waals surface area (Å²) in [5, 5.41) is 5.79. The molecule has 4 aromatic carbocycles. The molecule has 0 fully saturated rings. The van der Waals surface area contributed by atoms with E-state index in [1.807, 2.05) is 36.4 Å². The van der Waals surface area contributed by atoms with Crippen LogP contribution >= 0.6 is 0 Å². The lowest BCUT2D eigenvalue weighted by Gasteiger charge is -2.24. The van der Waals surface area contributed by atoms with Gasteiger partial charge in [0.15, 0.2) is 0 Å². The number of nitrogens with one attached hydrogen (secondary N) is 1. The van der Waals surface area contributed by atoms with E-state index in [4.69, 9.17) is 0 Å². The molecule has 0 aliphatic carbocycles. The maximum Gasteiger partial charge on any atom is 0.416 e. The Hall–Kier alpha value is -4.18. The Labute approximate surface area is 205 Å². The Kier molecular flexibility index (Phi) is 7.07. The second-order valence-corrected chi connectivity index (χ2v) is 9.60. The maximum absolute atomic E-state index is 13.3. The number of carbonyl (C=O) groups excluding carboxylic acids is 1. The first kappa shape index (κ1) is 24.9. The van der Waals surface area contributed by atoms with E-state index in [1.165, 1.54) is 36.5 Å². The molecule has 6 nitrogen and oxygen atoms in total. The molecule has 0 aliphatic rings. The highest BCUT2D eigenvalue weighted by atomic mass is 32.2. The minimum atomic E-state index is -4.69. The van der Waals surface area contributed by atoms with Crippen LogP contribution < -0.4 is 9.73 Å². The molecule has 0 atom stereocenters. The van der Waals surface area contributed by atoms with Gasteiger partial charge >= 0.3 is 6.18 Å². The van der Waals surface area contributed by atoms with Crippen LogP contribution in [-0.2, 0) is 21.0 Å². The fraction of sp³-hybridized carbons (Fsp3) is 0.0769. The van der Waals surface area contributed by atoms with Crippen LogP contribution in [0.2, 0.25) is 0 Å². The molecule has 0 aromatic heterocycles. The molecular weight excluding hydrogens is 491 g/mol. The van der Waals surface area contributed by atoms with Crippen molar-refractivity contribution in [1.29, 1.82) is 0 Å². The van der Waals surface area contributed by atoms with Crippen molar-refractivity contribution in [2.24, 2.45) is 5.10 Å². The predicted octanol–water partition coefficient (Wildman–Crippen LogP) is 5.20. The molecule has 1 amide bonds. The number of anilines is 1. The topological polar surface area (TPSA) is 78.8 Å². The number of fused-ring (bicyclic) bond motifs is 1. The molecule has 0 heterocycles. The van der Waals surface area contributed by atoms with Crippen molar-refractivity contribution in [1.82, 2.24) is 5.43 Å². The Morgan fingerprint density at radius 2 is 1.56 bits per heavy atom. The van der Waals surface area contributed by atoms with Crippen LogP contribution in [0.3, 0.4) is 0 Å². The van der Waals surface area contributed by atoms with E-state index < -0.39 is 34.2 Å². The second-order valence-electron chi connectivity index (χ2n) is 7.73. The molecule has 36 heavy (non-hydrogen) atoms. The normalized spacial score (nSPS) is 12.1. The first-order chi connectivity index (χ1) is 17.2. The number of hydrogen-bond acceptors (Lipinski definition) is 4. The van der Waals surface area contributed by atoms with Gasteiger partial charge in [-0.15, -0.1) is 0 Å². The zero-order valence-corrected chi connectivity index (χ0v) is 19.5. The summed E-state index contributed by atoms with van der Waals surface area (Å²) in [6.07, 6.45) is -3.27. The van der Waals surface area contributed by atoms with Gasteiger partial charge in [0.1, 0.15) is 6.54 Å². The number of nitrogens with zero attached hydrogens (tertiary/aromatic N) is 2. The molecule has 10 heteroatoms. The maximum atomic E-state index is 13.3. The molecule has 0 saturated heterocycles. The van der Waals surface area contributed by atoms with E-state index in [2.05, 4.69) is 10.5 Å². The molecule has 0 aliphatic heterocycles. The number of sulfonamides is 1. The van der Waals surface area contributed by atoms with Crippen LogP contribution in [0, 0.1) is 0 Å². The number of rotatable bonds is 7. The molecule has 184 valence electrons. The number of halogens is 3. The molecule has 0 radical (unpaired) electrons. The summed E-state index contributed by atoms with van der Waals surface area (Å²) in [6, 6.07) is 24.1. The Bertz CT molecular complexity index is 1520. The summed E-state index contributed by atoms with van der Waals surface area (Å²) >= 11 is 0. The highest BCUT2D eigenvalue weighted by Crippen LogP contribution is 2.33. The summed E-state index contributed by atoms with van der Waals surface area (Å²) in [7, 11) is -4.36. The third kappa shape index (κ3) is 5.55. The van der Waals surface area contributed by atoms with Crippen molar-refractivity contribution in [3.05, 3.63) is 108 Å². The molecule has 0 spiro atoms. The molecule has 0 unspecified atom stereocenters. The van der Waals surface area contributed by atoms with Crippen molar-refractivity contribution in [3.63, 3.8) is 0 Å². The predicted molar refractivity (Wildman–Crippen MR) is 132 cm³/mol. The van der Waals surface area contributed by atoms with E-state index in [0.717, 1.165) is 28.5 Å². The third-order valence-corrected chi connectivity index (χ3v) is 7.08. The van der Waals surface area contributed by atoms with Crippen molar-refractivity contribution in [2.75, 3.05) is 10.8 Å². The standard InChI is InChI=1S/C26H20F3N3O3S/c27-26(28,29)21-11-7-12-22(16-21)32(36(34,35)23-13-2-1-3-14-23)18-25(33)31-30-17-20-10-6-9-19-8-4-5-15-24(19)20/h1-17H,18H2,(H,31,33)/b30-17-. The summed E-state index contributed by atoms with van der Waals surface area (Å²) in [5.41, 5.74) is 1.65. The molecule has 1 N–H and O–H groups in total. The van der Waals surface area contributed by atoms with E-state index in [-0.39, 0.29) is 10.6 Å². The molecule has 4 aromatic rings. The minimum absolute atomic E-state index is 0.172. The van der Waals surface area contributed by atoms with E-state index in [1.54, 1.807) is 12.1 Å². The summed E-state index contributed by atoms with van der Waals surface area (Å²) in [4.78, 5) is 12.5. The second kappa shape index (κ2) is 10.2. The zero-order valence-electron chi connectivity index (χ0n) is 18.7. The number of hydrazone groups is 1. The summed E-state index contributed by atoms with van der Waals surface area (Å²) in [6.45, 7) is -0.786. The van der Waals surface area contributed by atoms with Gasteiger partial charge in [0.25, 0.3) is 15.9 Å². The summed E-state index contributed by atoms with van der Waals surface area (Å²) < 4.78 is 67.1. The lowest BCUT2D eigenvalue weighted by molar-refractivity contribution is -0.137. The minimum Gasteiger partial charge on any atom is -0.271 e. The fourth-order valence-corrected chi connectivity index (χ4v) is 5.01. The van der Waals surface area contributed by atoms with Crippen LogP contribution in [0.5, 0.6) is 0 Å². The van der Waals surface area contributed by atoms with Crippen LogP contribution in [0.4, 0.5) is 18.9 Å². The van der Waals surface area contributed by atoms with E-state index >= 15 is 0 Å². The lowest BCUT2D eigenvalue weighted by Crippen LogP contribution is -2.39. The number of carbonyl (C=O) groups is 1. The lowest BCUT2D eigenvalue weighted by atomic mass is 10.1. The third-order valence-electron chi connectivity index (χ3n) is 5.30. The Morgan fingerprint density at radius 1 is 0.889 bits per heavy atom. The molecule has 4 rings (SSSR count). The molecule has 0 bridgehead atoms. The van der Waals surface area contributed by atoms with Gasteiger partial charge in [-0.1, -0.05) is 66.7 Å². The van der Waals surface area contributed by atoms with Gasteiger partial charge in [0.2, 0.25) is 0 Å². The van der Waals surface area contributed by atoms with Gasteiger partial charge in [-0.25, -0.2) is 13.8 Å². The van der Waals surface area contributed by atoms with E-state index in [9.17, 15) is 26.4 Å². The van der Waals surface area contributed by atoms with Crippen molar-refractivity contribution < 1.29 is 26.4 Å².